The van der Waals surface area contributed by atoms with Gasteiger partial charge in [0.25, 0.3) is 0 Å². The number of ether oxygens (including phenoxy) is 1. The molecule has 0 spiro atoms. The van der Waals surface area contributed by atoms with Crippen LogP contribution in [-0.2, 0) is 16.1 Å². The molecular weight excluding hydrogens is 296 g/mol. The van der Waals surface area contributed by atoms with Gasteiger partial charge in [-0.05, 0) is 31.7 Å². The molecule has 0 saturated carbocycles. The van der Waals surface area contributed by atoms with E-state index in [9.17, 15) is 4.79 Å². The highest BCUT2D eigenvalue weighted by atomic mass is 79.9. The average Bonchev–Trinajstić information content (AvgIpc) is 2.31. The van der Waals surface area contributed by atoms with Crippen LogP contribution in [0.1, 0.15) is 18.1 Å². The molecule has 0 fully saturated rings. The van der Waals surface area contributed by atoms with Gasteiger partial charge in [-0.1, -0.05) is 22.0 Å². The third-order valence-electron chi connectivity index (χ3n) is 2.33. The Bertz CT molecular complexity index is 469. The van der Waals surface area contributed by atoms with Crippen molar-refractivity contribution in [1.82, 2.24) is 4.90 Å². The number of carbonyl (C=O) groups is 1. The molecule has 0 bridgehead atoms. The molecule has 5 heteroatoms. The number of carbonyl (C=O) groups excluding carboxylic acids is 1. The first-order chi connectivity index (χ1) is 8.56. The van der Waals surface area contributed by atoms with Gasteiger partial charge in [0.05, 0.1) is 24.8 Å². The van der Waals surface area contributed by atoms with Crippen LogP contribution in [0.3, 0.4) is 0 Å². The monoisotopic (exact) mass is 310 g/mol. The van der Waals surface area contributed by atoms with Crippen LogP contribution in [-0.4, -0.2) is 31.1 Å². The van der Waals surface area contributed by atoms with Crippen molar-refractivity contribution >= 4 is 21.9 Å². The van der Waals surface area contributed by atoms with E-state index >= 15 is 0 Å². The Morgan fingerprint density at radius 2 is 2.28 bits per heavy atom. The second-order valence-electron chi connectivity index (χ2n) is 3.90. The molecule has 0 radical (unpaired) electrons. The summed E-state index contributed by atoms with van der Waals surface area (Å²) in [4.78, 5) is 13.2. The van der Waals surface area contributed by atoms with Crippen LogP contribution in [0.15, 0.2) is 22.7 Å². The number of hydrogen-bond acceptors (Lipinski definition) is 4. The van der Waals surface area contributed by atoms with Gasteiger partial charge in [0, 0.05) is 11.0 Å². The fourth-order valence-corrected chi connectivity index (χ4v) is 2.02. The minimum atomic E-state index is -0.232. The topological polar surface area (TPSA) is 53.3 Å². The van der Waals surface area contributed by atoms with Gasteiger partial charge in [-0.3, -0.25) is 9.69 Å². The highest BCUT2D eigenvalue weighted by Crippen LogP contribution is 2.19. The quantitative estimate of drug-likeness (QED) is 0.783. The molecule has 0 aliphatic rings. The lowest BCUT2D eigenvalue weighted by Gasteiger charge is -2.16. The predicted octanol–water partition coefficient (Wildman–Crippen LogP) is 2.32. The van der Waals surface area contributed by atoms with Gasteiger partial charge in [-0.2, -0.15) is 5.26 Å². The van der Waals surface area contributed by atoms with E-state index in [1.165, 1.54) is 0 Å². The normalized spacial score (nSPS) is 10.2. The number of nitriles is 1. The predicted molar refractivity (Wildman–Crippen MR) is 71.8 cm³/mol. The number of likely N-dealkylation sites (N-methyl/N-ethyl adjacent to an activating group) is 1. The Morgan fingerprint density at radius 3 is 2.83 bits per heavy atom. The number of benzene rings is 1. The van der Waals surface area contributed by atoms with Gasteiger partial charge in [0.2, 0.25) is 0 Å². The SMILES string of the molecule is CCOC(=O)CN(C)Cc1ccc(C#N)cc1Br. The van der Waals surface area contributed by atoms with Crippen LogP contribution in [0.25, 0.3) is 0 Å². The summed E-state index contributed by atoms with van der Waals surface area (Å²) in [6.45, 7) is 3.05. The van der Waals surface area contributed by atoms with Crippen LogP contribution in [0.4, 0.5) is 0 Å². The highest BCUT2D eigenvalue weighted by Gasteiger charge is 2.09. The zero-order chi connectivity index (χ0) is 13.5. The number of esters is 1. The lowest BCUT2D eigenvalue weighted by atomic mass is 10.1. The lowest BCUT2D eigenvalue weighted by Crippen LogP contribution is -2.27. The first kappa shape index (κ1) is 14.7. The van der Waals surface area contributed by atoms with Crippen molar-refractivity contribution in [3.63, 3.8) is 0 Å². The molecule has 0 unspecified atom stereocenters. The summed E-state index contributed by atoms with van der Waals surface area (Å²) in [7, 11) is 1.85. The van der Waals surface area contributed by atoms with Gasteiger partial charge in [0.15, 0.2) is 0 Å². The smallest absolute Gasteiger partial charge is 0.320 e. The molecule has 1 aromatic rings. The van der Waals surface area contributed by atoms with E-state index in [0.29, 0.717) is 18.7 Å². The fourth-order valence-electron chi connectivity index (χ4n) is 1.52. The molecule has 18 heavy (non-hydrogen) atoms. The molecule has 0 aliphatic heterocycles. The van der Waals surface area contributed by atoms with E-state index in [2.05, 4.69) is 22.0 Å². The standard InChI is InChI=1S/C13H15BrN2O2/c1-3-18-13(17)9-16(2)8-11-5-4-10(7-15)6-12(11)14/h4-6H,3,8-9H2,1-2H3. The summed E-state index contributed by atoms with van der Waals surface area (Å²) in [6, 6.07) is 7.49. The maximum atomic E-state index is 11.3. The van der Waals surface area contributed by atoms with Gasteiger partial charge < -0.3 is 4.74 Å². The van der Waals surface area contributed by atoms with Crippen molar-refractivity contribution in [2.24, 2.45) is 0 Å². The van der Waals surface area contributed by atoms with Crippen LogP contribution in [0.5, 0.6) is 0 Å². The second-order valence-corrected chi connectivity index (χ2v) is 4.75. The minimum Gasteiger partial charge on any atom is -0.465 e. The Hall–Kier alpha value is -1.38. The molecule has 0 atom stereocenters. The summed E-state index contributed by atoms with van der Waals surface area (Å²) in [5.41, 5.74) is 1.64. The van der Waals surface area contributed by atoms with Crippen LogP contribution in [0.2, 0.25) is 0 Å². The minimum absolute atomic E-state index is 0.232. The Labute approximate surface area is 115 Å². The van der Waals surface area contributed by atoms with Gasteiger partial charge in [0.1, 0.15) is 0 Å². The van der Waals surface area contributed by atoms with E-state index in [1.807, 2.05) is 18.0 Å². The first-order valence-corrected chi connectivity index (χ1v) is 6.38. The average molecular weight is 311 g/mol. The third-order valence-corrected chi connectivity index (χ3v) is 3.06. The molecular formula is C13H15BrN2O2. The summed E-state index contributed by atoms with van der Waals surface area (Å²) in [5, 5.41) is 8.77. The zero-order valence-electron chi connectivity index (χ0n) is 10.4. The maximum absolute atomic E-state index is 11.3. The number of rotatable bonds is 5. The molecule has 0 aromatic heterocycles. The largest absolute Gasteiger partial charge is 0.465 e. The Morgan fingerprint density at radius 1 is 1.56 bits per heavy atom. The zero-order valence-corrected chi connectivity index (χ0v) is 12.0. The molecule has 0 N–H and O–H groups in total. The molecule has 1 rings (SSSR count). The van der Waals surface area contributed by atoms with Crippen molar-refractivity contribution in [1.29, 1.82) is 5.26 Å². The van der Waals surface area contributed by atoms with Crippen molar-refractivity contribution in [3.8, 4) is 6.07 Å². The van der Waals surface area contributed by atoms with E-state index < -0.39 is 0 Å². The second kappa shape index (κ2) is 7.14. The van der Waals surface area contributed by atoms with E-state index in [1.54, 1.807) is 19.1 Å². The molecule has 1 aromatic carbocycles. The van der Waals surface area contributed by atoms with Gasteiger partial charge in [-0.15, -0.1) is 0 Å². The summed E-state index contributed by atoms with van der Waals surface area (Å²) in [6.07, 6.45) is 0. The molecule has 96 valence electrons. The van der Waals surface area contributed by atoms with Crippen molar-refractivity contribution < 1.29 is 9.53 Å². The summed E-state index contributed by atoms with van der Waals surface area (Å²) < 4.78 is 5.75. The van der Waals surface area contributed by atoms with E-state index in [-0.39, 0.29) is 12.5 Å². The molecule has 0 heterocycles. The first-order valence-electron chi connectivity index (χ1n) is 5.59. The van der Waals surface area contributed by atoms with Gasteiger partial charge >= 0.3 is 5.97 Å². The number of nitrogens with zero attached hydrogens (tertiary/aromatic N) is 2. The molecule has 0 saturated heterocycles. The Kier molecular flexibility index (Phi) is 5.83. The summed E-state index contributed by atoms with van der Waals surface area (Å²) >= 11 is 3.42. The Balaban J connectivity index is 2.62. The van der Waals surface area contributed by atoms with Crippen LogP contribution in [0, 0.1) is 11.3 Å². The maximum Gasteiger partial charge on any atom is 0.320 e. The van der Waals surface area contributed by atoms with Crippen molar-refractivity contribution in [2.45, 2.75) is 13.5 Å². The lowest BCUT2D eigenvalue weighted by molar-refractivity contribution is -0.144. The van der Waals surface area contributed by atoms with Gasteiger partial charge in [-0.25, -0.2) is 0 Å². The van der Waals surface area contributed by atoms with Crippen molar-refractivity contribution in [2.75, 3.05) is 20.2 Å². The fraction of sp³-hybridized carbons (Fsp3) is 0.385. The number of hydrogen-bond donors (Lipinski definition) is 0. The molecule has 0 amide bonds. The third kappa shape index (κ3) is 4.47. The van der Waals surface area contributed by atoms with Crippen LogP contribution < -0.4 is 0 Å². The molecule has 4 nitrogen and oxygen atoms in total. The van der Waals surface area contributed by atoms with E-state index in [4.69, 9.17) is 10.00 Å². The van der Waals surface area contributed by atoms with E-state index in [0.717, 1.165) is 10.0 Å². The van der Waals surface area contributed by atoms with Crippen LogP contribution >= 0.6 is 15.9 Å². The molecule has 0 aliphatic carbocycles. The number of halogens is 1. The van der Waals surface area contributed by atoms with Crippen molar-refractivity contribution in [3.05, 3.63) is 33.8 Å². The summed E-state index contributed by atoms with van der Waals surface area (Å²) in [5.74, 6) is -0.232. The highest BCUT2D eigenvalue weighted by molar-refractivity contribution is 9.10.